The van der Waals surface area contributed by atoms with Crippen molar-refractivity contribution in [1.82, 2.24) is 20.0 Å². The van der Waals surface area contributed by atoms with Crippen LogP contribution in [0.25, 0.3) is 0 Å². The van der Waals surface area contributed by atoms with Crippen LogP contribution in [0.1, 0.15) is 25.1 Å². The molecule has 0 aromatic carbocycles. The van der Waals surface area contributed by atoms with E-state index in [1.807, 2.05) is 26.1 Å². The highest BCUT2D eigenvalue weighted by Crippen LogP contribution is 2.05. The van der Waals surface area contributed by atoms with E-state index in [0.29, 0.717) is 6.54 Å². The van der Waals surface area contributed by atoms with Crippen LogP contribution in [0.3, 0.4) is 0 Å². The Labute approximate surface area is 120 Å². The van der Waals surface area contributed by atoms with Crippen molar-refractivity contribution in [2.75, 3.05) is 39.4 Å². The number of aromatic nitrogens is 2. The number of nitrogens with one attached hydrogen (secondary N) is 1. The number of nitrogens with zero attached hydrogens (tertiary/aromatic N) is 3. The Balaban J connectivity index is 1.64. The molecule has 1 aromatic heterocycles. The number of amides is 1. The molecule has 1 atom stereocenters. The monoisotopic (exact) mass is 280 g/mol. The SMILES string of the molecule is Cc1ccn(C(C)C(=O)NCCCN2CCOCC2)n1. The number of ether oxygens (including phenoxy) is 1. The Kier molecular flexibility index (Phi) is 5.55. The first-order chi connectivity index (χ1) is 9.66. The minimum Gasteiger partial charge on any atom is -0.379 e. The fourth-order valence-electron chi connectivity index (χ4n) is 2.26. The maximum absolute atomic E-state index is 12.0. The summed E-state index contributed by atoms with van der Waals surface area (Å²) in [4.78, 5) is 14.4. The van der Waals surface area contributed by atoms with Gasteiger partial charge in [-0.05, 0) is 32.9 Å². The fraction of sp³-hybridized carbons (Fsp3) is 0.714. The van der Waals surface area contributed by atoms with Crippen molar-refractivity contribution >= 4 is 5.91 Å². The van der Waals surface area contributed by atoms with Gasteiger partial charge in [0.2, 0.25) is 5.91 Å². The highest BCUT2D eigenvalue weighted by Gasteiger charge is 2.15. The Morgan fingerprint density at radius 3 is 2.90 bits per heavy atom. The number of hydrogen-bond acceptors (Lipinski definition) is 4. The average molecular weight is 280 g/mol. The average Bonchev–Trinajstić information content (AvgIpc) is 2.90. The second kappa shape index (κ2) is 7.40. The summed E-state index contributed by atoms with van der Waals surface area (Å²) in [6.07, 6.45) is 2.81. The van der Waals surface area contributed by atoms with Crippen LogP contribution in [0.4, 0.5) is 0 Å². The third-order valence-electron chi connectivity index (χ3n) is 3.57. The predicted molar refractivity (Wildman–Crippen MR) is 76.6 cm³/mol. The van der Waals surface area contributed by atoms with Crippen molar-refractivity contribution < 1.29 is 9.53 Å². The lowest BCUT2D eigenvalue weighted by Gasteiger charge is -2.26. The summed E-state index contributed by atoms with van der Waals surface area (Å²) in [6.45, 7) is 9.14. The van der Waals surface area contributed by atoms with E-state index >= 15 is 0 Å². The lowest BCUT2D eigenvalue weighted by molar-refractivity contribution is -0.124. The number of rotatable bonds is 6. The quantitative estimate of drug-likeness (QED) is 0.775. The van der Waals surface area contributed by atoms with Gasteiger partial charge < -0.3 is 10.1 Å². The van der Waals surface area contributed by atoms with Crippen LogP contribution in [-0.2, 0) is 9.53 Å². The van der Waals surface area contributed by atoms with Crippen molar-refractivity contribution in [3.8, 4) is 0 Å². The number of aryl methyl sites for hydroxylation is 1. The van der Waals surface area contributed by atoms with Gasteiger partial charge >= 0.3 is 0 Å². The molecule has 20 heavy (non-hydrogen) atoms. The first-order valence-corrected chi connectivity index (χ1v) is 7.26. The molecule has 0 aliphatic carbocycles. The summed E-state index contributed by atoms with van der Waals surface area (Å²) in [5.41, 5.74) is 0.928. The molecule has 1 aliphatic heterocycles. The van der Waals surface area contributed by atoms with Crippen molar-refractivity contribution in [2.24, 2.45) is 0 Å². The molecule has 1 unspecified atom stereocenters. The third kappa shape index (κ3) is 4.31. The van der Waals surface area contributed by atoms with E-state index in [2.05, 4.69) is 15.3 Å². The maximum atomic E-state index is 12.0. The molecule has 0 saturated carbocycles. The topological polar surface area (TPSA) is 59.4 Å². The van der Waals surface area contributed by atoms with E-state index in [4.69, 9.17) is 4.74 Å². The van der Waals surface area contributed by atoms with Gasteiger partial charge in [-0.15, -0.1) is 0 Å². The summed E-state index contributed by atoms with van der Waals surface area (Å²) in [5, 5.41) is 7.24. The summed E-state index contributed by atoms with van der Waals surface area (Å²) in [5.74, 6) is 0.0232. The number of hydrogen-bond donors (Lipinski definition) is 1. The van der Waals surface area contributed by atoms with Gasteiger partial charge in [-0.1, -0.05) is 0 Å². The second-order valence-electron chi connectivity index (χ2n) is 5.21. The van der Waals surface area contributed by atoms with Crippen LogP contribution in [0, 0.1) is 6.92 Å². The molecule has 2 heterocycles. The minimum atomic E-state index is -0.257. The fourth-order valence-corrected chi connectivity index (χ4v) is 2.26. The van der Waals surface area contributed by atoms with Gasteiger partial charge in [0.1, 0.15) is 6.04 Å². The van der Waals surface area contributed by atoms with Crippen molar-refractivity contribution in [1.29, 1.82) is 0 Å². The zero-order chi connectivity index (χ0) is 14.4. The number of carbonyl (C=O) groups is 1. The standard InChI is InChI=1S/C14H24N4O2/c1-12-4-7-18(16-12)13(2)14(19)15-5-3-6-17-8-10-20-11-9-17/h4,7,13H,3,5-6,8-11H2,1-2H3,(H,15,19). The largest absolute Gasteiger partial charge is 0.379 e. The summed E-state index contributed by atoms with van der Waals surface area (Å²) in [7, 11) is 0. The Bertz CT molecular complexity index is 427. The lowest BCUT2D eigenvalue weighted by atomic mass is 10.3. The van der Waals surface area contributed by atoms with E-state index in [0.717, 1.165) is 45.0 Å². The van der Waals surface area contributed by atoms with Crippen molar-refractivity contribution in [3.63, 3.8) is 0 Å². The summed E-state index contributed by atoms with van der Waals surface area (Å²) < 4.78 is 7.01. The molecule has 2 rings (SSSR count). The van der Waals surface area contributed by atoms with Gasteiger partial charge in [0.05, 0.1) is 18.9 Å². The van der Waals surface area contributed by atoms with Gasteiger partial charge in [-0.25, -0.2) is 0 Å². The van der Waals surface area contributed by atoms with E-state index in [9.17, 15) is 4.79 Å². The van der Waals surface area contributed by atoms with E-state index in [1.54, 1.807) is 4.68 Å². The zero-order valence-corrected chi connectivity index (χ0v) is 12.3. The molecule has 1 aromatic rings. The first kappa shape index (κ1) is 15.0. The lowest BCUT2D eigenvalue weighted by Crippen LogP contribution is -2.38. The zero-order valence-electron chi connectivity index (χ0n) is 12.3. The number of morpholine rings is 1. The molecule has 1 saturated heterocycles. The minimum absolute atomic E-state index is 0.0232. The van der Waals surface area contributed by atoms with Crippen LogP contribution in [0.15, 0.2) is 12.3 Å². The smallest absolute Gasteiger partial charge is 0.244 e. The Morgan fingerprint density at radius 2 is 2.25 bits per heavy atom. The molecule has 6 heteroatoms. The molecular formula is C14H24N4O2. The molecule has 6 nitrogen and oxygen atoms in total. The van der Waals surface area contributed by atoms with Gasteiger partial charge in [-0.2, -0.15) is 5.10 Å². The Morgan fingerprint density at radius 1 is 1.50 bits per heavy atom. The molecule has 1 fully saturated rings. The summed E-state index contributed by atoms with van der Waals surface area (Å²) in [6, 6.07) is 1.65. The van der Waals surface area contributed by atoms with Crippen LogP contribution in [0.2, 0.25) is 0 Å². The summed E-state index contributed by atoms with van der Waals surface area (Å²) >= 11 is 0. The van der Waals surface area contributed by atoms with Gasteiger partial charge in [0.15, 0.2) is 0 Å². The molecule has 0 radical (unpaired) electrons. The van der Waals surface area contributed by atoms with E-state index in [-0.39, 0.29) is 11.9 Å². The molecular weight excluding hydrogens is 256 g/mol. The van der Waals surface area contributed by atoms with Crippen LogP contribution in [-0.4, -0.2) is 60.0 Å². The number of carbonyl (C=O) groups excluding carboxylic acids is 1. The highest BCUT2D eigenvalue weighted by molar-refractivity contribution is 5.79. The maximum Gasteiger partial charge on any atom is 0.244 e. The van der Waals surface area contributed by atoms with Crippen LogP contribution >= 0.6 is 0 Å². The normalized spacial score (nSPS) is 17.9. The molecule has 112 valence electrons. The Hall–Kier alpha value is -1.40. The van der Waals surface area contributed by atoms with Crippen molar-refractivity contribution in [2.45, 2.75) is 26.3 Å². The third-order valence-corrected chi connectivity index (χ3v) is 3.57. The van der Waals surface area contributed by atoms with Gasteiger partial charge in [-0.3, -0.25) is 14.4 Å². The van der Waals surface area contributed by atoms with Crippen molar-refractivity contribution in [3.05, 3.63) is 18.0 Å². The first-order valence-electron chi connectivity index (χ1n) is 7.26. The highest BCUT2D eigenvalue weighted by atomic mass is 16.5. The van der Waals surface area contributed by atoms with E-state index in [1.165, 1.54) is 0 Å². The second-order valence-corrected chi connectivity index (χ2v) is 5.21. The van der Waals surface area contributed by atoms with E-state index < -0.39 is 0 Å². The molecule has 1 aliphatic rings. The van der Waals surface area contributed by atoms with Gasteiger partial charge in [0, 0.05) is 25.8 Å². The predicted octanol–water partition coefficient (Wildman–Crippen LogP) is 0.591. The van der Waals surface area contributed by atoms with Crippen LogP contribution < -0.4 is 5.32 Å². The molecule has 0 bridgehead atoms. The molecule has 0 spiro atoms. The van der Waals surface area contributed by atoms with Crippen LogP contribution in [0.5, 0.6) is 0 Å². The molecule has 1 amide bonds. The van der Waals surface area contributed by atoms with Gasteiger partial charge in [0.25, 0.3) is 0 Å². The molecule has 1 N–H and O–H groups in total.